The molecule has 96 valence electrons. The molecule has 3 heterocycles. The Labute approximate surface area is 102 Å². The van der Waals surface area contributed by atoms with Gasteiger partial charge in [0.05, 0.1) is 6.61 Å². The number of fused-ring (bicyclic) bond motifs is 1. The van der Waals surface area contributed by atoms with Crippen molar-refractivity contribution in [2.45, 2.75) is 24.4 Å². The van der Waals surface area contributed by atoms with Crippen LogP contribution in [0.25, 0.3) is 11.0 Å². The molecule has 1 saturated heterocycles. The zero-order valence-corrected chi connectivity index (χ0v) is 9.39. The van der Waals surface area contributed by atoms with E-state index in [1.807, 2.05) is 6.07 Å². The molecule has 4 atom stereocenters. The number of rotatable bonds is 2. The first-order valence-corrected chi connectivity index (χ1v) is 5.63. The highest BCUT2D eigenvalue weighted by Gasteiger charge is 2.44. The molecule has 2 aromatic rings. The maximum Gasteiger partial charge on any atom is 0.162 e. The summed E-state index contributed by atoms with van der Waals surface area (Å²) in [4.78, 5) is 11.3. The lowest BCUT2D eigenvalue weighted by molar-refractivity contribution is -0.0252. The van der Waals surface area contributed by atoms with Crippen LogP contribution in [0.4, 0.5) is 0 Å². The van der Waals surface area contributed by atoms with E-state index in [4.69, 9.17) is 9.84 Å². The molecule has 4 N–H and O–H groups in total. The lowest BCUT2D eigenvalue weighted by Crippen LogP contribution is -2.32. The average Bonchev–Trinajstić information content (AvgIpc) is 2.95. The highest BCUT2D eigenvalue weighted by atomic mass is 16.6. The predicted molar refractivity (Wildman–Crippen MR) is 60.6 cm³/mol. The van der Waals surface area contributed by atoms with Gasteiger partial charge in [-0.15, -0.1) is 0 Å². The first-order chi connectivity index (χ1) is 8.70. The topological polar surface area (TPSA) is 111 Å². The van der Waals surface area contributed by atoms with E-state index in [0.29, 0.717) is 5.65 Å². The van der Waals surface area contributed by atoms with Crippen molar-refractivity contribution in [3.63, 3.8) is 0 Å². The normalized spacial score (nSPS) is 32.2. The van der Waals surface area contributed by atoms with E-state index in [0.717, 1.165) is 5.39 Å². The van der Waals surface area contributed by atoms with E-state index in [1.54, 1.807) is 12.4 Å². The predicted octanol–water partition coefficient (Wildman–Crippen LogP) is -0.888. The third-order valence-corrected chi connectivity index (χ3v) is 3.12. The molecule has 1 aliphatic rings. The first-order valence-electron chi connectivity index (χ1n) is 5.63. The number of aliphatic hydroxyl groups excluding tert-OH is 3. The number of hydrogen-bond donors (Lipinski definition) is 4. The smallest absolute Gasteiger partial charge is 0.162 e. The molecule has 1 unspecified atom stereocenters. The van der Waals surface area contributed by atoms with Crippen molar-refractivity contribution in [2.75, 3.05) is 6.61 Å². The molecule has 1 aliphatic heterocycles. The second-order valence-corrected chi connectivity index (χ2v) is 4.27. The first kappa shape index (κ1) is 11.5. The molecule has 0 spiro atoms. The summed E-state index contributed by atoms with van der Waals surface area (Å²) in [5, 5.41) is 29.4. The van der Waals surface area contributed by atoms with Crippen molar-refractivity contribution in [3.05, 3.63) is 24.3 Å². The van der Waals surface area contributed by atoms with Crippen molar-refractivity contribution < 1.29 is 20.1 Å². The summed E-state index contributed by atoms with van der Waals surface area (Å²) in [6.07, 6.45) is -0.570. The summed E-state index contributed by atoms with van der Waals surface area (Å²) < 4.78 is 5.36. The zero-order valence-electron chi connectivity index (χ0n) is 9.39. The highest BCUT2D eigenvalue weighted by Crippen LogP contribution is 2.31. The van der Waals surface area contributed by atoms with Crippen LogP contribution < -0.4 is 0 Å². The summed E-state index contributed by atoms with van der Waals surface area (Å²) >= 11 is 0. The van der Waals surface area contributed by atoms with Crippen LogP contribution in [0.5, 0.6) is 0 Å². The van der Waals surface area contributed by atoms with Gasteiger partial charge in [0, 0.05) is 17.8 Å². The molecule has 7 nitrogen and oxygen atoms in total. The SMILES string of the molecule is OC[C@H]1OC(c2ncc3cc[nH]c3n2)[C@@H](O)[C@H]1O. The van der Waals surface area contributed by atoms with Crippen LogP contribution >= 0.6 is 0 Å². The zero-order chi connectivity index (χ0) is 12.7. The second kappa shape index (κ2) is 4.29. The van der Waals surface area contributed by atoms with Gasteiger partial charge in [-0.3, -0.25) is 0 Å². The number of nitrogens with zero attached hydrogens (tertiary/aromatic N) is 2. The third kappa shape index (κ3) is 1.68. The average molecular weight is 251 g/mol. The van der Waals surface area contributed by atoms with Crippen LogP contribution in [0.3, 0.4) is 0 Å². The van der Waals surface area contributed by atoms with Gasteiger partial charge in [0.1, 0.15) is 30.1 Å². The van der Waals surface area contributed by atoms with Crippen molar-refractivity contribution in [2.24, 2.45) is 0 Å². The van der Waals surface area contributed by atoms with Crippen LogP contribution in [0.2, 0.25) is 0 Å². The van der Waals surface area contributed by atoms with Crippen LogP contribution in [0, 0.1) is 0 Å². The van der Waals surface area contributed by atoms with Gasteiger partial charge in [-0.1, -0.05) is 0 Å². The van der Waals surface area contributed by atoms with Gasteiger partial charge in [0.2, 0.25) is 0 Å². The molecule has 0 bridgehead atoms. The fourth-order valence-electron chi connectivity index (χ4n) is 2.10. The van der Waals surface area contributed by atoms with Crippen molar-refractivity contribution >= 4 is 11.0 Å². The summed E-state index contributed by atoms with van der Waals surface area (Å²) in [5.74, 6) is 0.285. The Balaban J connectivity index is 1.94. The van der Waals surface area contributed by atoms with Gasteiger partial charge >= 0.3 is 0 Å². The number of aromatic amines is 1. The minimum atomic E-state index is -1.14. The molecule has 0 saturated carbocycles. The molecule has 18 heavy (non-hydrogen) atoms. The Bertz CT molecular complexity index is 558. The number of H-pyrrole nitrogens is 1. The van der Waals surface area contributed by atoms with Crippen LogP contribution in [0.15, 0.2) is 18.5 Å². The van der Waals surface area contributed by atoms with Crippen molar-refractivity contribution in [1.29, 1.82) is 0 Å². The number of aliphatic hydroxyl groups is 3. The summed E-state index contributed by atoms with van der Waals surface area (Å²) in [6, 6.07) is 1.83. The molecule has 1 fully saturated rings. The van der Waals surface area contributed by atoms with Gasteiger partial charge in [0.15, 0.2) is 5.82 Å². The van der Waals surface area contributed by atoms with Gasteiger partial charge in [-0.05, 0) is 6.07 Å². The van der Waals surface area contributed by atoms with Crippen molar-refractivity contribution in [1.82, 2.24) is 15.0 Å². The Hall–Kier alpha value is -1.54. The lowest BCUT2D eigenvalue weighted by Gasteiger charge is -2.12. The molecule has 0 radical (unpaired) electrons. The van der Waals surface area contributed by atoms with Crippen molar-refractivity contribution in [3.8, 4) is 0 Å². The van der Waals surface area contributed by atoms with E-state index in [2.05, 4.69) is 15.0 Å². The Morgan fingerprint density at radius 3 is 2.89 bits per heavy atom. The summed E-state index contributed by atoms with van der Waals surface area (Å²) in [7, 11) is 0. The standard InChI is InChI=1S/C11H13N3O4/c15-4-6-7(16)8(17)9(18-6)11-13-3-5-1-2-12-10(5)14-11/h1-3,6-9,15-17H,4H2,(H,12,13,14)/t6-,7+,8+,9?/m1/s1. The van der Waals surface area contributed by atoms with E-state index >= 15 is 0 Å². The van der Waals surface area contributed by atoms with E-state index in [9.17, 15) is 10.2 Å². The number of aromatic nitrogens is 3. The highest BCUT2D eigenvalue weighted by molar-refractivity contribution is 5.73. The van der Waals surface area contributed by atoms with Crippen LogP contribution in [0.1, 0.15) is 11.9 Å². The van der Waals surface area contributed by atoms with Crippen LogP contribution in [-0.4, -0.2) is 55.2 Å². The van der Waals surface area contributed by atoms with Crippen LogP contribution in [-0.2, 0) is 4.74 Å². The minimum absolute atomic E-state index is 0.285. The number of hydrogen-bond acceptors (Lipinski definition) is 6. The molecule has 0 amide bonds. The van der Waals surface area contributed by atoms with E-state index < -0.39 is 24.4 Å². The molecular formula is C11H13N3O4. The van der Waals surface area contributed by atoms with Gasteiger partial charge in [-0.25, -0.2) is 9.97 Å². The summed E-state index contributed by atoms with van der Waals surface area (Å²) in [5.41, 5.74) is 0.637. The largest absolute Gasteiger partial charge is 0.394 e. The Kier molecular flexibility index (Phi) is 2.75. The molecular weight excluding hydrogens is 238 g/mol. The molecule has 3 rings (SSSR count). The second-order valence-electron chi connectivity index (χ2n) is 4.27. The fourth-order valence-corrected chi connectivity index (χ4v) is 2.10. The minimum Gasteiger partial charge on any atom is -0.394 e. The maximum absolute atomic E-state index is 9.86. The maximum atomic E-state index is 9.86. The molecule has 2 aromatic heterocycles. The lowest BCUT2D eigenvalue weighted by atomic mass is 10.1. The van der Waals surface area contributed by atoms with Gasteiger partial charge in [0.25, 0.3) is 0 Å². The van der Waals surface area contributed by atoms with Gasteiger partial charge < -0.3 is 25.0 Å². The quantitative estimate of drug-likeness (QED) is 0.551. The fraction of sp³-hybridized carbons (Fsp3) is 0.455. The number of ether oxygens (including phenoxy) is 1. The summed E-state index contributed by atoms with van der Waals surface area (Å²) in [6.45, 7) is -0.362. The monoisotopic (exact) mass is 251 g/mol. The Morgan fingerprint density at radius 2 is 2.17 bits per heavy atom. The Morgan fingerprint density at radius 1 is 1.33 bits per heavy atom. The molecule has 0 aliphatic carbocycles. The van der Waals surface area contributed by atoms with E-state index in [1.165, 1.54) is 0 Å². The molecule has 7 heteroatoms. The van der Waals surface area contributed by atoms with E-state index in [-0.39, 0.29) is 12.4 Å². The van der Waals surface area contributed by atoms with Gasteiger partial charge in [-0.2, -0.15) is 0 Å². The molecule has 0 aromatic carbocycles. The third-order valence-electron chi connectivity index (χ3n) is 3.12. The number of nitrogens with one attached hydrogen (secondary N) is 1.